The van der Waals surface area contributed by atoms with E-state index in [1.807, 2.05) is 0 Å². The zero-order chi connectivity index (χ0) is 11.3. The number of nitrogens with zero attached hydrogens (tertiary/aromatic N) is 1. The number of nitrogens with two attached hydrogens (primary N) is 1. The molecule has 0 aliphatic carbocycles. The molecule has 0 bridgehead atoms. The molecule has 0 radical (unpaired) electrons. The average molecular weight is 210 g/mol. The van der Waals surface area contributed by atoms with Crippen molar-refractivity contribution >= 4 is 0 Å². The molecule has 0 fully saturated rings. The van der Waals surface area contributed by atoms with Crippen molar-refractivity contribution in [1.29, 1.82) is 0 Å². The lowest BCUT2D eigenvalue weighted by Crippen LogP contribution is -2.05. The molecule has 1 aromatic rings. The Hall–Kier alpha value is -1.29. The SMILES string of the molecule is CCCCOc1cnc(C)c(O)c1CN. The fourth-order valence-corrected chi connectivity index (χ4v) is 1.28. The maximum atomic E-state index is 9.71. The van der Waals surface area contributed by atoms with Gasteiger partial charge in [-0.15, -0.1) is 0 Å². The third-order valence-corrected chi connectivity index (χ3v) is 2.26. The fraction of sp³-hybridized carbons (Fsp3) is 0.545. The number of unbranched alkanes of at least 4 members (excludes halogenated alkanes) is 1. The van der Waals surface area contributed by atoms with Crippen molar-refractivity contribution in [3.05, 3.63) is 17.5 Å². The highest BCUT2D eigenvalue weighted by Crippen LogP contribution is 2.28. The van der Waals surface area contributed by atoms with Crippen LogP contribution in [0.25, 0.3) is 0 Å². The molecule has 15 heavy (non-hydrogen) atoms. The van der Waals surface area contributed by atoms with Crippen molar-refractivity contribution in [3.63, 3.8) is 0 Å². The summed E-state index contributed by atoms with van der Waals surface area (Å²) >= 11 is 0. The number of ether oxygens (including phenoxy) is 1. The number of rotatable bonds is 5. The van der Waals surface area contributed by atoms with E-state index in [9.17, 15) is 5.11 Å². The fourth-order valence-electron chi connectivity index (χ4n) is 1.28. The first-order chi connectivity index (χ1) is 7.20. The first-order valence-electron chi connectivity index (χ1n) is 5.21. The molecule has 3 N–H and O–H groups in total. The third kappa shape index (κ3) is 2.83. The molecule has 0 saturated carbocycles. The van der Waals surface area contributed by atoms with Crippen LogP contribution in [0, 0.1) is 6.92 Å². The maximum Gasteiger partial charge on any atom is 0.145 e. The third-order valence-electron chi connectivity index (χ3n) is 2.26. The molecule has 4 nitrogen and oxygen atoms in total. The van der Waals surface area contributed by atoms with Crippen molar-refractivity contribution in [2.75, 3.05) is 6.61 Å². The Morgan fingerprint density at radius 2 is 2.27 bits per heavy atom. The maximum absolute atomic E-state index is 9.71. The van der Waals surface area contributed by atoms with Gasteiger partial charge in [0.1, 0.15) is 11.5 Å². The van der Waals surface area contributed by atoms with E-state index in [2.05, 4.69) is 11.9 Å². The van der Waals surface area contributed by atoms with Gasteiger partial charge in [0.25, 0.3) is 0 Å². The Balaban J connectivity index is 2.83. The van der Waals surface area contributed by atoms with Crippen LogP contribution in [-0.2, 0) is 6.54 Å². The predicted octanol–water partition coefficient (Wildman–Crippen LogP) is 1.73. The lowest BCUT2D eigenvalue weighted by molar-refractivity contribution is 0.302. The number of aryl methyl sites for hydroxylation is 1. The number of aromatic hydroxyl groups is 1. The van der Waals surface area contributed by atoms with E-state index in [1.165, 1.54) is 0 Å². The number of hydrogen-bond acceptors (Lipinski definition) is 4. The van der Waals surface area contributed by atoms with Crippen LogP contribution in [-0.4, -0.2) is 16.7 Å². The molecule has 0 aromatic carbocycles. The topological polar surface area (TPSA) is 68.4 Å². The molecule has 0 aliphatic heterocycles. The van der Waals surface area contributed by atoms with Gasteiger partial charge in [-0.3, -0.25) is 4.98 Å². The lowest BCUT2D eigenvalue weighted by atomic mass is 10.2. The summed E-state index contributed by atoms with van der Waals surface area (Å²) in [6.07, 6.45) is 3.68. The van der Waals surface area contributed by atoms with Gasteiger partial charge < -0.3 is 15.6 Å². The van der Waals surface area contributed by atoms with E-state index in [4.69, 9.17) is 10.5 Å². The van der Waals surface area contributed by atoms with Crippen molar-refractivity contribution in [2.24, 2.45) is 5.73 Å². The second-order valence-corrected chi connectivity index (χ2v) is 3.44. The standard InChI is InChI=1S/C11H18N2O2/c1-3-4-5-15-10-7-13-8(2)11(14)9(10)6-12/h7,14H,3-6,12H2,1-2H3. The van der Waals surface area contributed by atoms with Crippen molar-refractivity contribution in [3.8, 4) is 11.5 Å². The summed E-state index contributed by atoms with van der Waals surface area (Å²) in [5.74, 6) is 0.737. The van der Waals surface area contributed by atoms with E-state index in [-0.39, 0.29) is 12.3 Å². The monoisotopic (exact) mass is 210 g/mol. The number of hydrogen-bond donors (Lipinski definition) is 2. The smallest absolute Gasteiger partial charge is 0.145 e. The van der Waals surface area contributed by atoms with E-state index in [1.54, 1.807) is 13.1 Å². The lowest BCUT2D eigenvalue weighted by Gasteiger charge is -2.12. The molecule has 0 spiro atoms. The molecular weight excluding hydrogens is 192 g/mol. The molecular formula is C11H18N2O2. The first kappa shape index (κ1) is 11.8. The Kier molecular flexibility index (Phi) is 4.37. The van der Waals surface area contributed by atoms with Crippen molar-refractivity contribution < 1.29 is 9.84 Å². The van der Waals surface area contributed by atoms with Crippen LogP contribution in [0.1, 0.15) is 31.0 Å². The summed E-state index contributed by atoms with van der Waals surface area (Å²) in [6.45, 7) is 4.73. The van der Waals surface area contributed by atoms with Gasteiger partial charge in [0.05, 0.1) is 24.1 Å². The molecule has 0 atom stereocenters. The second kappa shape index (κ2) is 5.56. The van der Waals surface area contributed by atoms with Crippen LogP contribution in [0.5, 0.6) is 11.5 Å². The van der Waals surface area contributed by atoms with E-state index in [0.29, 0.717) is 23.6 Å². The molecule has 84 valence electrons. The molecule has 4 heteroatoms. The van der Waals surface area contributed by atoms with E-state index in [0.717, 1.165) is 12.8 Å². The Bertz CT molecular complexity index is 327. The summed E-state index contributed by atoms with van der Waals surface area (Å²) < 4.78 is 5.50. The summed E-state index contributed by atoms with van der Waals surface area (Å²) in [6, 6.07) is 0. The van der Waals surface area contributed by atoms with Gasteiger partial charge >= 0.3 is 0 Å². The Morgan fingerprint density at radius 3 is 2.87 bits per heavy atom. The summed E-state index contributed by atoms with van der Waals surface area (Å²) in [5, 5.41) is 9.71. The van der Waals surface area contributed by atoms with Crippen LogP contribution in [0.3, 0.4) is 0 Å². The summed E-state index contributed by atoms with van der Waals surface area (Å²) in [4.78, 5) is 4.04. The van der Waals surface area contributed by atoms with Gasteiger partial charge in [0.15, 0.2) is 0 Å². The molecule has 0 aliphatic rings. The van der Waals surface area contributed by atoms with Gasteiger partial charge in [-0.05, 0) is 13.3 Å². The first-order valence-corrected chi connectivity index (χ1v) is 5.21. The minimum Gasteiger partial charge on any atom is -0.506 e. The summed E-state index contributed by atoms with van der Waals surface area (Å²) in [5.41, 5.74) is 6.78. The van der Waals surface area contributed by atoms with Gasteiger partial charge in [-0.2, -0.15) is 0 Å². The van der Waals surface area contributed by atoms with Crippen LogP contribution < -0.4 is 10.5 Å². The van der Waals surface area contributed by atoms with Gasteiger partial charge in [-0.1, -0.05) is 13.3 Å². The van der Waals surface area contributed by atoms with Gasteiger partial charge in [0.2, 0.25) is 0 Å². The van der Waals surface area contributed by atoms with Crippen molar-refractivity contribution in [2.45, 2.75) is 33.2 Å². The van der Waals surface area contributed by atoms with Crippen molar-refractivity contribution in [1.82, 2.24) is 4.98 Å². The van der Waals surface area contributed by atoms with Crippen LogP contribution >= 0.6 is 0 Å². The molecule has 1 aromatic heterocycles. The minimum atomic E-state index is 0.145. The highest BCUT2D eigenvalue weighted by Gasteiger charge is 2.10. The zero-order valence-electron chi connectivity index (χ0n) is 9.29. The number of pyridine rings is 1. The highest BCUT2D eigenvalue weighted by atomic mass is 16.5. The highest BCUT2D eigenvalue weighted by molar-refractivity contribution is 5.44. The molecule has 1 heterocycles. The predicted molar refractivity (Wildman–Crippen MR) is 58.9 cm³/mol. The zero-order valence-corrected chi connectivity index (χ0v) is 9.29. The van der Waals surface area contributed by atoms with Crippen LogP contribution in [0.15, 0.2) is 6.20 Å². The molecule has 0 unspecified atom stereocenters. The normalized spacial score (nSPS) is 10.3. The van der Waals surface area contributed by atoms with Crippen LogP contribution in [0.2, 0.25) is 0 Å². The minimum absolute atomic E-state index is 0.145. The quantitative estimate of drug-likeness (QED) is 0.726. The number of aromatic nitrogens is 1. The molecule has 0 amide bonds. The van der Waals surface area contributed by atoms with Crippen LogP contribution in [0.4, 0.5) is 0 Å². The molecule has 1 rings (SSSR count). The molecule has 0 saturated heterocycles. The van der Waals surface area contributed by atoms with E-state index >= 15 is 0 Å². The van der Waals surface area contributed by atoms with Gasteiger partial charge in [-0.25, -0.2) is 0 Å². The van der Waals surface area contributed by atoms with E-state index < -0.39 is 0 Å². The Morgan fingerprint density at radius 1 is 1.53 bits per heavy atom. The van der Waals surface area contributed by atoms with Gasteiger partial charge in [0, 0.05) is 6.54 Å². The average Bonchev–Trinajstić information content (AvgIpc) is 2.24. The second-order valence-electron chi connectivity index (χ2n) is 3.44. The summed E-state index contributed by atoms with van der Waals surface area (Å²) in [7, 11) is 0. The largest absolute Gasteiger partial charge is 0.506 e. The Labute approximate surface area is 90.1 Å².